The topological polar surface area (TPSA) is 30.5 Å². The van der Waals surface area contributed by atoms with E-state index in [-0.39, 0.29) is 0 Å². The van der Waals surface area contributed by atoms with Crippen LogP contribution in [0.3, 0.4) is 0 Å². The summed E-state index contributed by atoms with van der Waals surface area (Å²) < 4.78 is 10.8. The summed E-state index contributed by atoms with van der Waals surface area (Å²) in [6.07, 6.45) is 8.54. The Labute approximate surface area is 93.5 Å². The molecule has 1 aliphatic rings. The van der Waals surface area contributed by atoms with Crippen molar-refractivity contribution in [3.8, 4) is 0 Å². The van der Waals surface area contributed by atoms with E-state index in [2.05, 4.69) is 5.32 Å². The Balaban J connectivity index is 1.89. The van der Waals surface area contributed by atoms with E-state index >= 15 is 0 Å². The maximum absolute atomic E-state index is 5.84. The maximum Gasteiger partial charge on any atom is 0.0594 e. The molecule has 0 unspecified atom stereocenters. The van der Waals surface area contributed by atoms with Crippen molar-refractivity contribution in [2.24, 2.45) is 0 Å². The molecule has 0 amide bonds. The van der Waals surface area contributed by atoms with E-state index < -0.39 is 0 Å². The highest BCUT2D eigenvalue weighted by Crippen LogP contribution is 2.19. The first-order chi connectivity index (χ1) is 7.43. The molecule has 1 N–H and O–H groups in total. The summed E-state index contributed by atoms with van der Waals surface area (Å²) in [5, 5.41) is 3.29. The smallest absolute Gasteiger partial charge is 0.0594 e. The second-order valence-electron chi connectivity index (χ2n) is 4.23. The van der Waals surface area contributed by atoms with Crippen LogP contribution in [0, 0.1) is 0 Å². The quantitative estimate of drug-likeness (QED) is 0.520. The lowest BCUT2D eigenvalue weighted by molar-refractivity contribution is 0.0445. The van der Waals surface area contributed by atoms with Gasteiger partial charge in [0, 0.05) is 20.2 Å². The third-order valence-corrected chi connectivity index (χ3v) is 2.92. The molecule has 1 aliphatic carbocycles. The van der Waals surface area contributed by atoms with E-state index in [1.165, 1.54) is 38.5 Å². The summed E-state index contributed by atoms with van der Waals surface area (Å²) in [4.78, 5) is 0. The predicted octanol–water partition coefficient (Wildman–Crippen LogP) is 1.96. The Hall–Kier alpha value is -0.120. The first kappa shape index (κ1) is 12.9. The van der Waals surface area contributed by atoms with Crippen LogP contribution in [-0.2, 0) is 9.47 Å². The number of rotatable bonds is 7. The average molecular weight is 215 g/mol. The molecule has 3 nitrogen and oxygen atoms in total. The Kier molecular flexibility index (Phi) is 7.88. The minimum atomic E-state index is 0.525. The Morgan fingerprint density at radius 2 is 1.67 bits per heavy atom. The van der Waals surface area contributed by atoms with E-state index in [0.717, 1.165) is 26.3 Å². The second kappa shape index (κ2) is 9.13. The van der Waals surface area contributed by atoms with Gasteiger partial charge in [-0.25, -0.2) is 0 Å². The highest BCUT2D eigenvalue weighted by molar-refractivity contribution is 4.64. The van der Waals surface area contributed by atoms with Crippen LogP contribution in [0.1, 0.15) is 38.5 Å². The molecule has 90 valence electrons. The lowest BCUT2D eigenvalue weighted by atomic mass is 10.1. The zero-order valence-electron chi connectivity index (χ0n) is 9.96. The molecule has 3 heteroatoms. The fourth-order valence-electron chi connectivity index (χ4n) is 2.01. The van der Waals surface area contributed by atoms with Crippen molar-refractivity contribution in [1.29, 1.82) is 0 Å². The van der Waals surface area contributed by atoms with Gasteiger partial charge in [0.2, 0.25) is 0 Å². The fraction of sp³-hybridized carbons (Fsp3) is 1.00. The molecule has 0 radical (unpaired) electrons. The third kappa shape index (κ3) is 6.88. The summed E-state index contributed by atoms with van der Waals surface area (Å²) in [5.74, 6) is 0. The number of methoxy groups -OCH3 is 1. The molecule has 0 atom stereocenters. The summed E-state index contributed by atoms with van der Waals surface area (Å²) >= 11 is 0. The molecule has 0 aromatic rings. The largest absolute Gasteiger partial charge is 0.383 e. The van der Waals surface area contributed by atoms with Gasteiger partial charge in [0.25, 0.3) is 0 Å². The predicted molar refractivity (Wildman–Crippen MR) is 62.2 cm³/mol. The summed E-state index contributed by atoms with van der Waals surface area (Å²) in [5.41, 5.74) is 0. The molecule has 1 saturated carbocycles. The van der Waals surface area contributed by atoms with E-state index in [9.17, 15) is 0 Å². The maximum atomic E-state index is 5.84. The molecule has 1 rings (SSSR count). The van der Waals surface area contributed by atoms with Crippen molar-refractivity contribution >= 4 is 0 Å². The van der Waals surface area contributed by atoms with Crippen molar-refractivity contribution in [3.63, 3.8) is 0 Å². The monoisotopic (exact) mass is 215 g/mol. The second-order valence-corrected chi connectivity index (χ2v) is 4.23. The minimum Gasteiger partial charge on any atom is -0.383 e. The molecule has 0 aromatic carbocycles. The fourth-order valence-corrected chi connectivity index (χ4v) is 2.01. The van der Waals surface area contributed by atoms with Gasteiger partial charge in [0.1, 0.15) is 0 Å². The number of hydrogen-bond donors (Lipinski definition) is 1. The van der Waals surface area contributed by atoms with Crippen molar-refractivity contribution in [2.75, 3.05) is 33.4 Å². The molecule has 0 saturated heterocycles. The zero-order chi connectivity index (χ0) is 10.8. The van der Waals surface area contributed by atoms with E-state index in [0.29, 0.717) is 6.10 Å². The lowest BCUT2D eigenvalue weighted by Gasteiger charge is -2.15. The molecular formula is C12H25NO2. The SMILES string of the molecule is COCCNCCOC1CCCCCC1. The van der Waals surface area contributed by atoms with Crippen LogP contribution >= 0.6 is 0 Å². The summed E-state index contributed by atoms with van der Waals surface area (Å²) in [6, 6.07) is 0. The Bertz CT molecular complexity index is 134. The van der Waals surface area contributed by atoms with Crippen molar-refractivity contribution in [1.82, 2.24) is 5.32 Å². The Morgan fingerprint density at radius 3 is 2.33 bits per heavy atom. The van der Waals surface area contributed by atoms with Gasteiger partial charge in [-0.15, -0.1) is 0 Å². The highest BCUT2D eigenvalue weighted by atomic mass is 16.5. The van der Waals surface area contributed by atoms with Crippen molar-refractivity contribution in [2.45, 2.75) is 44.6 Å². The highest BCUT2D eigenvalue weighted by Gasteiger charge is 2.11. The molecule has 0 heterocycles. The van der Waals surface area contributed by atoms with Crippen LogP contribution in [0.4, 0.5) is 0 Å². The van der Waals surface area contributed by atoms with Gasteiger partial charge in [-0.1, -0.05) is 25.7 Å². The molecule has 0 aromatic heterocycles. The zero-order valence-corrected chi connectivity index (χ0v) is 9.96. The van der Waals surface area contributed by atoms with Gasteiger partial charge >= 0.3 is 0 Å². The molecule has 1 fully saturated rings. The van der Waals surface area contributed by atoms with Gasteiger partial charge in [-0.3, -0.25) is 0 Å². The standard InChI is InChI=1S/C12H25NO2/c1-14-10-8-13-9-11-15-12-6-4-2-3-5-7-12/h12-13H,2-11H2,1H3. The third-order valence-electron chi connectivity index (χ3n) is 2.92. The van der Waals surface area contributed by atoms with Crippen LogP contribution in [0.15, 0.2) is 0 Å². The normalized spacial score (nSPS) is 19.0. The van der Waals surface area contributed by atoms with Crippen LogP contribution in [0.5, 0.6) is 0 Å². The Morgan fingerprint density at radius 1 is 1.00 bits per heavy atom. The van der Waals surface area contributed by atoms with E-state index in [4.69, 9.17) is 9.47 Å². The van der Waals surface area contributed by atoms with Crippen molar-refractivity contribution < 1.29 is 9.47 Å². The van der Waals surface area contributed by atoms with E-state index in [1.54, 1.807) is 7.11 Å². The van der Waals surface area contributed by atoms with Crippen molar-refractivity contribution in [3.05, 3.63) is 0 Å². The van der Waals surface area contributed by atoms with Crippen LogP contribution in [0.2, 0.25) is 0 Å². The molecular weight excluding hydrogens is 190 g/mol. The molecule has 0 aliphatic heterocycles. The van der Waals surface area contributed by atoms with Gasteiger partial charge in [-0.05, 0) is 12.8 Å². The molecule has 0 spiro atoms. The number of ether oxygens (including phenoxy) is 2. The van der Waals surface area contributed by atoms with E-state index in [1.807, 2.05) is 0 Å². The van der Waals surface area contributed by atoms with Gasteiger partial charge in [0.15, 0.2) is 0 Å². The van der Waals surface area contributed by atoms with Crippen LogP contribution in [0.25, 0.3) is 0 Å². The first-order valence-corrected chi connectivity index (χ1v) is 6.24. The molecule has 15 heavy (non-hydrogen) atoms. The first-order valence-electron chi connectivity index (χ1n) is 6.24. The van der Waals surface area contributed by atoms with Gasteiger partial charge < -0.3 is 14.8 Å². The van der Waals surface area contributed by atoms with Crippen LogP contribution in [-0.4, -0.2) is 39.5 Å². The van der Waals surface area contributed by atoms with Gasteiger partial charge in [0.05, 0.1) is 19.3 Å². The molecule has 0 bridgehead atoms. The van der Waals surface area contributed by atoms with Crippen LogP contribution < -0.4 is 5.32 Å². The average Bonchev–Trinajstić information content (AvgIpc) is 2.52. The summed E-state index contributed by atoms with van der Waals surface area (Å²) in [7, 11) is 1.73. The van der Waals surface area contributed by atoms with Gasteiger partial charge in [-0.2, -0.15) is 0 Å². The summed E-state index contributed by atoms with van der Waals surface area (Å²) in [6.45, 7) is 3.49. The number of nitrogens with one attached hydrogen (secondary N) is 1. The number of hydrogen-bond acceptors (Lipinski definition) is 3. The lowest BCUT2D eigenvalue weighted by Crippen LogP contribution is -2.25. The minimum absolute atomic E-state index is 0.525.